The average Bonchev–Trinajstić information content (AvgIpc) is 2.08. The molecule has 0 aromatic rings. The highest BCUT2D eigenvalue weighted by atomic mass is 32.2. The van der Waals surface area contributed by atoms with E-state index in [2.05, 4.69) is 10.6 Å². The molecule has 1 fully saturated rings. The summed E-state index contributed by atoms with van der Waals surface area (Å²) in [4.78, 5) is 11.5. The Bertz CT molecular complexity index is 294. The van der Waals surface area contributed by atoms with Crippen LogP contribution in [0.15, 0.2) is 11.1 Å². The highest BCUT2D eigenvalue weighted by Crippen LogP contribution is 2.08. The zero-order valence-corrected chi connectivity index (χ0v) is 10.1. The predicted octanol–water partition coefficient (Wildman–Crippen LogP) is -0.209. The fourth-order valence-electron chi connectivity index (χ4n) is 1.29. The lowest BCUT2D eigenvalue weighted by atomic mass is 10.0. The van der Waals surface area contributed by atoms with E-state index in [0.29, 0.717) is 12.3 Å². The van der Waals surface area contributed by atoms with Gasteiger partial charge in [0.25, 0.3) is 0 Å². The van der Waals surface area contributed by atoms with Gasteiger partial charge >= 0.3 is 0 Å². The summed E-state index contributed by atoms with van der Waals surface area (Å²) < 4.78 is 10.8. The molecule has 1 heterocycles. The van der Waals surface area contributed by atoms with Gasteiger partial charge in [-0.3, -0.25) is 9.00 Å². The zero-order valence-electron chi connectivity index (χ0n) is 9.26. The van der Waals surface area contributed by atoms with Gasteiger partial charge in [0.05, 0.1) is 0 Å². The van der Waals surface area contributed by atoms with Crippen molar-refractivity contribution in [2.75, 3.05) is 31.6 Å². The molecular formula is C10H18N2O2S. The number of amides is 1. The maximum Gasteiger partial charge on any atom is 0.246 e. The summed E-state index contributed by atoms with van der Waals surface area (Å²) in [6.07, 6.45) is 2.45. The van der Waals surface area contributed by atoms with E-state index < -0.39 is 10.8 Å². The second kappa shape index (κ2) is 6.02. The normalized spacial score (nSPS) is 16.8. The summed E-state index contributed by atoms with van der Waals surface area (Å²) in [5, 5.41) is 5.93. The number of carbonyl (C=O) groups excluding carboxylic acids is 1. The smallest absolute Gasteiger partial charge is 0.246 e. The van der Waals surface area contributed by atoms with Gasteiger partial charge in [-0.2, -0.15) is 0 Å². The molecule has 1 atom stereocenters. The van der Waals surface area contributed by atoms with Crippen molar-refractivity contribution in [3.63, 3.8) is 0 Å². The number of rotatable bonds is 5. The van der Waals surface area contributed by atoms with E-state index in [9.17, 15) is 9.00 Å². The Kier molecular flexibility index (Phi) is 4.98. The number of carbonyl (C=O) groups is 1. The van der Waals surface area contributed by atoms with Gasteiger partial charge in [-0.15, -0.1) is 0 Å². The topological polar surface area (TPSA) is 58.2 Å². The van der Waals surface area contributed by atoms with Gasteiger partial charge in [-0.1, -0.05) is 0 Å². The van der Waals surface area contributed by atoms with Crippen LogP contribution in [0, 0.1) is 0 Å². The van der Waals surface area contributed by atoms with Crippen molar-refractivity contribution in [2.45, 2.75) is 13.3 Å². The Morgan fingerprint density at radius 1 is 1.53 bits per heavy atom. The van der Waals surface area contributed by atoms with Crippen molar-refractivity contribution < 1.29 is 9.00 Å². The first-order valence-electron chi connectivity index (χ1n) is 5.09. The molecule has 0 aromatic heterocycles. The van der Waals surface area contributed by atoms with Crippen LogP contribution in [0.3, 0.4) is 0 Å². The van der Waals surface area contributed by atoms with E-state index in [4.69, 9.17) is 0 Å². The fraction of sp³-hybridized carbons (Fsp3) is 0.700. The van der Waals surface area contributed by atoms with E-state index in [0.717, 1.165) is 25.1 Å². The van der Waals surface area contributed by atoms with Gasteiger partial charge in [0, 0.05) is 48.0 Å². The molecule has 4 nitrogen and oxygen atoms in total. The SMILES string of the molecule is CC(C(=O)NCCCS(C)=O)=C1CNC1. The predicted molar refractivity (Wildman–Crippen MR) is 62.1 cm³/mol. The lowest BCUT2D eigenvalue weighted by Gasteiger charge is -2.21. The van der Waals surface area contributed by atoms with Gasteiger partial charge in [0.15, 0.2) is 0 Å². The molecule has 0 spiro atoms. The fourth-order valence-corrected chi connectivity index (χ4v) is 1.84. The van der Waals surface area contributed by atoms with E-state index in [1.54, 1.807) is 6.26 Å². The van der Waals surface area contributed by atoms with Gasteiger partial charge in [-0.05, 0) is 18.9 Å². The van der Waals surface area contributed by atoms with Gasteiger partial charge in [0.1, 0.15) is 0 Å². The van der Waals surface area contributed by atoms with Crippen molar-refractivity contribution in [2.24, 2.45) is 0 Å². The maximum atomic E-state index is 11.5. The molecule has 1 aliphatic rings. The molecule has 86 valence electrons. The molecule has 0 aromatic carbocycles. The standard InChI is InChI=1S/C10H18N2O2S/c1-8(9-6-11-7-9)10(13)12-4-3-5-15(2)14/h11H,3-7H2,1-2H3,(H,12,13). The first-order chi connectivity index (χ1) is 7.11. The van der Waals surface area contributed by atoms with Crippen molar-refractivity contribution in [1.82, 2.24) is 10.6 Å². The number of nitrogens with one attached hydrogen (secondary N) is 2. The van der Waals surface area contributed by atoms with Crippen molar-refractivity contribution in [3.8, 4) is 0 Å². The molecule has 0 radical (unpaired) electrons. The van der Waals surface area contributed by atoms with Crippen molar-refractivity contribution in [1.29, 1.82) is 0 Å². The van der Waals surface area contributed by atoms with Gasteiger partial charge in [-0.25, -0.2) is 0 Å². The zero-order chi connectivity index (χ0) is 11.3. The summed E-state index contributed by atoms with van der Waals surface area (Å²) in [7, 11) is -0.764. The molecule has 0 saturated carbocycles. The van der Waals surface area contributed by atoms with Crippen LogP contribution in [0.1, 0.15) is 13.3 Å². The van der Waals surface area contributed by atoms with E-state index in [-0.39, 0.29) is 5.91 Å². The summed E-state index contributed by atoms with van der Waals surface area (Å²) in [5.74, 6) is 0.658. The molecule has 2 N–H and O–H groups in total. The Balaban J connectivity index is 2.21. The minimum absolute atomic E-state index is 0.00776. The molecule has 5 heteroatoms. The molecule has 1 amide bonds. The molecule has 1 saturated heterocycles. The Morgan fingerprint density at radius 3 is 2.67 bits per heavy atom. The van der Waals surface area contributed by atoms with Crippen LogP contribution in [-0.2, 0) is 15.6 Å². The summed E-state index contributed by atoms with van der Waals surface area (Å²) in [5.41, 5.74) is 2.01. The van der Waals surface area contributed by atoms with Crippen LogP contribution in [-0.4, -0.2) is 41.8 Å². The quantitative estimate of drug-likeness (QED) is 0.507. The van der Waals surface area contributed by atoms with Crippen LogP contribution in [0.5, 0.6) is 0 Å². The second-order valence-corrected chi connectivity index (χ2v) is 5.27. The van der Waals surface area contributed by atoms with E-state index in [1.165, 1.54) is 5.57 Å². The van der Waals surface area contributed by atoms with Crippen LogP contribution < -0.4 is 10.6 Å². The Labute approximate surface area is 93.0 Å². The summed E-state index contributed by atoms with van der Waals surface area (Å²) in [6.45, 7) is 4.12. The maximum absolute atomic E-state index is 11.5. The molecule has 1 aliphatic heterocycles. The lowest BCUT2D eigenvalue weighted by Crippen LogP contribution is -2.37. The first kappa shape index (κ1) is 12.4. The molecule has 15 heavy (non-hydrogen) atoms. The minimum Gasteiger partial charge on any atom is -0.352 e. The third-order valence-corrected chi connectivity index (χ3v) is 3.31. The minimum atomic E-state index is -0.764. The Morgan fingerprint density at radius 2 is 2.20 bits per heavy atom. The van der Waals surface area contributed by atoms with Crippen molar-refractivity contribution >= 4 is 16.7 Å². The third-order valence-electron chi connectivity index (χ3n) is 2.44. The van der Waals surface area contributed by atoms with E-state index in [1.807, 2.05) is 6.92 Å². The van der Waals surface area contributed by atoms with Crippen LogP contribution in [0.4, 0.5) is 0 Å². The van der Waals surface area contributed by atoms with Crippen LogP contribution >= 0.6 is 0 Å². The average molecular weight is 230 g/mol. The number of hydrogen-bond donors (Lipinski definition) is 2. The molecule has 1 rings (SSSR count). The molecule has 0 aliphatic carbocycles. The third kappa shape index (κ3) is 4.13. The number of hydrogen-bond acceptors (Lipinski definition) is 3. The largest absolute Gasteiger partial charge is 0.352 e. The Hall–Kier alpha value is -0.680. The first-order valence-corrected chi connectivity index (χ1v) is 6.81. The molecular weight excluding hydrogens is 212 g/mol. The molecule has 1 unspecified atom stereocenters. The van der Waals surface area contributed by atoms with Crippen LogP contribution in [0.25, 0.3) is 0 Å². The lowest BCUT2D eigenvalue weighted by molar-refractivity contribution is -0.117. The second-order valence-electron chi connectivity index (χ2n) is 3.72. The summed E-state index contributed by atoms with van der Waals surface area (Å²) in [6, 6.07) is 0. The highest BCUT2D eigenvalue weighted by Gasteiger charge is 2.15. The van der Waals surface area contributed by atoms with Gasteiger partial charge in [0.2, 0.25) is 5.91 Å². The van der Waals surface area contributed by atoms with Gasteiger partial charge < -0.3 is 10.6 Å². The van der Waals surface area contributed by atoms with Crippen molar-refractivity contribution in [3.05, 3.63) is 11.1 Å². The molecule has 0 bridgehead atoms. The van der Waals surface area contributed by atoms with E-state index >= 15 is 0 Å². The summed E-state index contributed by atoms with van der Waals surface area (Å²) >= 11 is 0. The monoisotopic (exact) mass is 230 g/mol. The highest BCUT2D eigenvalue weighted by molar-refractivity contribution is 7.84. The van der Waals surface area contributed by atoms with Crippen LogP contribution in [0.2, 0.25) is 0 Å².